The van der Waals surface area contributed by atoms with Gasteiger partial charge in [0.25, 0.3) is 0 Å². The maximum atomic E-state index is 11.8. The third-order valence-corrected chi connectivity index (χ3v) is 4.80. The standard InChI is InChI=1S/C19H14Cl2N2O/c20-15-2-1-3-16(21)18(15)13-7-6-12-9-17(22-10-14(12)8-13)23-19(24)11-4-5-11/h1-3,6-11H,4-5H2,(H,22,23,24). The van der Waals surface area contributed by atoms with E-state index in [9.17, 15) is 4.79 Å². The molecule has 1 aliphatic rings. The first-order valence-corrected chi connectivity index (χ1v) is 8.52. The lowest BCUT2D eigenvalue weighted by molar-refractivity contribution is -0.117. The van der Waals surface area contributed by atoms with Crippen LogP contribution in [-0.4, -0.2) is 10.9 Å². The van der Waals surface area contributed by atoms with Crippen molar-refractivity contribution >= 4 is 45.7 Å². The summed E-state index contributed by atoms with van der Waals surface area (Å²) in [5.74, 6) is 0.802. The van der Waals surface area contributed by atoms with Crippen molar-refractivity contribution in [2.75, 3.05) is 5.32 Å². The molecule has 0 saturated heterocycles. The molecular weight excluding hydrogens is 343 g/mol. The number of amides is 1. The molecule has 0 atom stereocenters. The van der Waals surface area contributed by atoms with Crippen molar-refractivity contribution in [3.05, 3.63) is 58.7 Å². The number of aromatic nitrogens is 1. The Morgan fingerprint density at radius 1 is 1.04 bits per heavy atom. The third-order valence-electron chi connectivity index (χ3n) is 4.17. The molecule has 24 heavy (non-hydrogen) atoms. The normalized spacial score (nSPS) is 13.9. The van der Waals surface area contributed by atoms with Crippen LogP contribution in [0.4, 0.5) is 5.82 Å². The number of fused-ring (bicyclic) bond motifs is 1. The van der Waals surface area contributed by atoms with E-state index in [1.54, 1.807) is 6.20 Å². The van der Waals surface area contributed by atoms with Crippen LogP contribution >= 0.6 is 23.2 Å². The molecular formula is C19H14Cl2N2O. The number of halogens is 2. The first-order valence-electron chi connectivity index (χ1n) is 7.77. The number of hydrogen-bond donors (Lipinski definition) is 1. The summed E-state index contributed by atoms with van der Waals surface area (Å²) >= 11 is 12.6. The van der Waals surface area contributed by atoms with E-state index < -0.39 is 0 Å². The molecule has 1 heterocycles. The van der Waals surface area contributed by atoms with Crippen LogP contribution < -0.4 is 5.32 Å². The number of benzene rings is 2. The molecule has 4 rings (SSSR count). The number of carbonyl (C=O) groups excluding carboxylic acids is 1. The van der Waals surface area contributed by atoms with Crippen LogP contribution in [-0.2, 0) is 4.79 Å². The maximum absolute atomic E-state index is 11.8. The third kappa shape index (κ3) is 2.97. The molecule has 0 aliphatic heterocycles. The Kier molecular flexibility index (Phi) is 3.91. The average molecular weight is 357 g/mol. The molecule has 3 aromatic rings. The minimum absolute atomic E-state index is 0.0568. The highest BCUT2D eigenvalue weighted by Crippen LogP contribution is 2.36. The van der Waals surface area contributed by atoms with Gasteiger partial charge in [0.2, 0.25) is 5.91 Å². The van der Waals surface area contributed by atoms with Crippen molar-refractivity contribution in [2.45, 2.75) is 12.8 Å². The highest BCUT2D eigenvalue weighted by atomic mass is 35.5. The molecule has 5 heteroatoms. The van der Waals surface area contributed by atoms with Crippen molar-refractivity contribution in [1.82, 2.24) is 4.98 Å². The minimum atomic E-state index is 0.0568. The molecule has 0 bridgehead atoms. The number of carbonyl (C=O) groups is 1. The van der Waals surface area contributed by atoms with E-state index in [4.69, 9.17) is 23.2 Å². The topological polar surface area (TPSA) is 42.0 Å². The number of pyridine rings is 1. The number of nitrogens with one attached hydrogen (secondary N) is 1. The van der Waals surface area contributed by atoms with Gasteiger partial charge in [-0.15, -0.1) is 0 Å². The van der Waals surface area contributed by atoms with E-state index in [0.29, 0.717) is 15.9 Å². The van der Waals surface area contributed by atoms with Gasteiger partial charge in [0, 0.05) is 33.1 Å². The Morgan fingerprint density at radius 2 is 1.79 bits per heavy atom. The van der Waals surface area contributed by atoms with E-state index >= 15 is 0 Å². The summed E-state index contributed by atoms with van der Waals surface area (Å²) in [4.78, 5) is 16.2. The zero-order valence-corrected chi connectivity index (χ0v) is 14.2. The minimum Gasteiger partial charge on any atom is -0.310 e. The van der Waals surface area contributed by atoms with Gasteiger partial charge in [0.1, 0.15) is 5.82 Å². The molecule has 0 radical (unpaired) electrons. The van der Waals surface area contributed by atoms with Crippen LogP contribution in [0.15, 0.2) is 48.7 Å². The monoisotopic (exact) mass is 356 g/mol. The van der Waals surface area contributed by atoms with E-state index in [0.717, 1.165) is 34.7 Å². The van der Waals surface area contributed by atoms with Crippen molar-refractivity contribution in [3.8, 4) is 11.1 Å². The van der Waals surface area contributed by atoms with E-state index in [-0.39, 0.29) is 11.8 Å². The summed E-state index contributed by atoms with van der Waals surface area (Å²) in [6.45, 7) is 0. The predicted octanol–water partition coefficient (Wildman–Crippen LogP) is 5.56. The van der Waals surface area contributed by atoms with E-state index in [2.05, 4.69) is 10.3 Å². The Hall–Kier alpha value is -2.10. The highest BCUT2D eigenvalue weighted by molar-refractivity contribution is 6.39. The fourth-order valence-electron chi connectivity index (χ4n) is 2.71. The van der Waals surface area contributed by atoms with Gasteiger partial charge in [-0.05, 0) is 48.1 Å². The predicted molar refractivity (Wildman–Crippen MR) is 98.6 cm³/mol. The second-order valence-corrected chi connectivity index (χ2v) is 6.81. The van der Waals surface area contributed by atoms with Gasteiger partial charge in [-0.25, -0.2) is 4.98 Å². The lowest BCUT2D eigenvalue weighted by Crippen LogP contribution is -2.14. The molecule has 0 spiro atoms. The Morgan fingerprint density at radius 3 is 2.50 bits per heavy atom. The number of nitrogens with zero attached hydrogens (tertiary/aromatic N) is 1. The lowest BCUT2D eigenvalue weighted by atomic mass is 10.0. The summed E-state index contributed by atoms with van der Waals surface area (Å²) in [6, 6.07) is 13.3. The van der Waals surface area contributed by atoms with Crippen molar-refractivity contribution < 1.29 is 4.79 Å². The fraction of sp³-hybridized carbons (Fsp3) is 0.158. The zero-order chi connectivity index (χ0) is 16.7. The number of hydrogen-bond acceptors (Lipinski definition) is 2. The van der Waals surface area contributed by atoms with Gasteiger partial charge < -0.3 is 5.32 Å². The molecule has 1 aromatic heterocycles. The average Bonchev–Trinajstić information content (AvgIpc) is 3.39. The van der Waals surface area contributed by atoms with Gasteiger partial charge in [0.05, 0.1) is 0 Å². The summed E-state index contributed by atoms with van der Waals surface area (Å²) in [6.07, 6.45) is 3.70. The first kappa shape index (κ1) is 15.4. The Labute approximate surface area is 149 Å². The SMILES string of the molecule is O=C(Nc1cc2ccc(-c3c(Cl)cccc3Cl)cc2cn1)C1CC1. The summed E-state index contributed by atoms with van der Waals surface area (Å²) in [5.41, 5.74) is 1.75. The van der Waals surface area contributed by atoms with Crippen molar-refractivity contribution in [3.63, 3.8) is 0 Å². The first-order chi connectivity index (χ1) is 11.6. The quantitative estimate of drug-likeness (QED) is 0.667. The molecule has 1 fully saturated rings. The second-order valence-electron chi connectivity index (χ2n) is 5.99. The molecule has 120 valence electrons. The molecule has 1 saturated carbocycles. The smallest absolute Gasteiger partial charge is 0.228 e. The van der Waals surface area contributed by atoms with Gasteiger partial charge in [-0.2, -0.15) is 0 Å². The van der Waals surface area contributed by atoms with Crippen molar-refractivity contribution in [2.24, 2.45) is 5.92 Å². The highest BCUT2D eigenvalue weighted by Gasteiger charge is 2.29. The molecule has 3 nitrogen and oxygen atoms in total. The second kappa shape index (κ2) is 6.08. The van der Waals surface area contributed by atoms with Crippen LogP contribution in [0.1, 0.15) is 12.8 Å². The van der Waals surface area contributed by atoms with Gasteiger partial charge in [-0.1, -0.05) is 41.4 Å². The number of anilines is 1. The summed E-state index contributed by atoms with van der Waals surface area (Å²) in [7, 11) is 0. The van der Waals surface area contributed by atoms with Crippen LogP contribution in [0.5, 0.6) is 0 Å². The van der Waals surface area contributed by atoms with Gasteiger partial charge in [0.15, 0.2) is 0 Å². The Balaban J connectivity index is 1.70. The molecule has 1 aliphatic carbocycles. The van der Waals surface area contributed by atoms with Crippen LogP contribution in [0.2, 0.25) is 10.0 Å². The van der Waals surface area contributed by atoms with Crippen molar-refractivity contribution in [1.29, 1.82) is 0 Å². The summed E-state index contributed by atoms with van der Waals surface area (Å²) < 4.78 is 0. The van der Waals surface area contributed by atoms with Crippen LogP contribution in [0.3, 0.4) is 0 Å². The molecule has 1 N–H and O–H groups in total. The summed E-state index contributed by atoms with van der Waals surface area (Å²) in [5, 5.41) is 6.06. The number of rotatable bonds is 3. The molecule has 0 unspecified atom stereocenters. The maximum Gasteiger partial charge on any atom is 0.228 e. The van der Waals surface area contributed by atoms with Gasteiger partial charge >= 0.3 is 0 Å². The Bertz CT molecular complexity index is 931. The molecule has 2 aromatic carbocycles. The van der Waals surface area contributed by atoms with Crippen LogP contribution in [0.25, 0.3) is 21.9 Å². The van der Waals surface area contributed by atoms with Gasteiger partial charge in [-0.3, -0.25) is 4.79 Å². The van der Waals surface area contributed by atoms with E-state index in [1.807, 2.05) is 42.5 Å². The largest absolute Gasteiger partial charge is 0.310 e. The lowest BCUT2D eigenvalue weighted by Gasteiger charge is -2.09. The van der Waals surface area contributed by atoms with Crippen LogP contribution in [0, 0.1) is 5.92 Å². The molecule has 1 amide bonds. The fourth-order valence-corrected chi connectivity index (χ4v) is 3.33. The van der Waals surface area contributed by atoms with E-state index in [1.165, 1.54) is 0 Å². The zero-order valence-electron chi connectivity index (χ0n) is 12.7.